The van der Waals surface area contributed by atoms with Crippen LogP contribution in [-0.4, -0.2) is 10.2 Å². The normalized spacial score (nSPS) is 9.90. The predicted octanol–water partition coefficient (Wildman–Crippen LogP) is 2.72. The van der Waals surface area contributed by atoms with E-state index < -0.39 is 0 Å². The van der Waals surface area contributed by atoms with Crippen molar-refractivity contribution >= 4 is 48.8 Å². The number of benzene rings is 1. The number of hydrogen-bond donors (Lipinski definition) is 0. The predicted molar refractivity (Wildman–Crippen MR) is 56.3 cm³/mol. The van der Waals surface area contributed by atoms with Gasteiger partial charge in [0.1, 0.15) is 0 Å². The molecule has 3 heteroatoms. The second-order valence-electron chi connectivity index (χ2n) is 1.91. The molecule has 0 saturated carbocycles. The minimum Gasteiger partial charge on any atom is -0.0572 e. The monoisotopic (exact) mass is 323 g/mol. The molecule has 1 aromatic rings. The first-order valence-corrected chi connectivity index (χ1v) is 5.40. The van der Waals surface area contributed by atoms with Gasteiger partial charge in [-0.3, -0.25) is 0 Å². The molecule has 0 aliphatic heterocycles. The van der Waals surface area contributed by atoms with E-state index in [0.717, 1.165) is 10.5 Å². The molecular weight excluding hydrogens is 319 g/mol. The molecule has 0 aliphatic rings. The molecule has 0 N–H and O–H groups in total. The van der Waals surface area contributed by atoms with Crippen molar-refractivity contribution < 1.29 is 0 Å². The second kappa shape index (κ2) is 3.87. The van der Waals surface area contributed by atoms with Crippen LogP contribution in [-0.2, 0) is 6.04 Å². The maximum Gasteiger partial charge on any atom is 0.0284 e. The highest BCUT2D eigenvalue weighted by Gasteiger charge is 1.95. The van der Waals surface area contributed by atoms with E-state index in [-0.39, 0.29) is 0 Å². The molecule has 1 aromatic carbocycles. The smallest absolute Gasteiger partial charge is 0.0284 e. The first-order valence-electron chi connectivity index (χ1n) is 2.82. The Labute approximate surface area is 86.1 Å². The summed E-state index contributed by atoms with van der Waals surface area (Å²) in [4.78, 5) is 0. The molecule has 0 nitrogen and oxygen atoms in total. The summed E-state index contributed by atoms with van der Waals surface area (Å²) in [6, 6.07) is 7.19. The van der Waals surface area contributed by atoms with Crippen LogP contribution in [0.5, 0.6) is 0 Å². The van der Waals surface area contributed by atoms with Crippen molar-refractivity contribution in [2.45, 2.75) is 6.04 Å². The van der Waals surface area contributed by atoms with Crippen LogP contribution in [0.25, 0.3) is 0 Å². The van der Waals surface area contributed by atoms with Gasteiger partial charge in [0.05, 0.1) is 0 Å². The summed E-state index contributed by atoms with van der Waals surface area (Å²) < 4.78 is 2.43. The average molecular weight is 324 g/mol. The molecule has 10 heavy (non-hydrogen) atoms. The van der Waals surface area contributed by atoms with Gasteiger partial charge in [-0.25, -0.2) is 0 Å². The third-order valence-corrected chi connectivity index (χ3v) is 3.08. The van der Waals surface area contributed by atoms with Crippen LogP contribution in [0.3, 0.4) is 0 Å². The van der Waals surface area contributed by atoms with E-state index in [0.29, 0.717) is 0 Å². The van der Waals surface area contributed by atoms with Crippen molar-refractivity contribution in [3.05, 3.63) is 31.8 Å². The molecule has 1 rings (SSSR count). The van der Waals surface area contributed by atoms with Gasteiger partial charge in [-0.05, 0) is 46.3 Å². The highest BCUT2D eigenvalue weighted by molar-refractivity contribution is 14.1. The van der Waals surface area contributed by atoms with Crippen molar-refractivity contribution in [2.24, 2.45) is 0 Å². The molecule has 0 spiro atoms. The highest BCUT2D eigenvalue weighted by Crippen LogP contribution is 2.17. The van der Waals surface area contributed by atoms with E-state index in [2.05, 4.69) is 67.0 Å². The Hall–Kier alpha value is 0.647. The summed E-state index contributed by atoms with van der Waals surface area (Å²) in [6.45, 7) is 0. The first kappa shape index (κ1) is 8.74. The Balaban J connectivity index is 3.07. The Morgan fingerprint density at radius 2 is 2.20 bits per heavy atom. The average Bonchev–Trinajstić information content (AvgIpc) is 1.88. The van der Waals surface area contributed by atoms with Crippen molar-refractivity contribution in [2.75, 3.05) is 0 Å². The van der Waals surface area contributed by atoms with Gasteiger partial charge in [-0.15, -0.1) is 0 Å². The molecule has 0 saturated heterocycles. The molecule has 0 aliphatic carbocycles. The highest BCUT2D eigenvalue weighted by atomic mass is 127. The second-order valence-corrected chi connectivity index (χ2v) is 4.34. The van der Waals surface area contributed by atoms with E-state index in [1.54, 1.807) is 0 Å². The van der Waals surface area contributed by atoms with Gasteiger partial charge < -0.3 is 0 Å². The Morgan fingerprint density at radius 3 is 2.70 bits per heavy atom. The summed E-state index contributed by atoms with van der Waals surface area (Å²) in [5.41, 5.74) is 1.33. The van der Waals surface area contributed by atoms with Crippen LogP contribution in [0.2, 0.25) is 0 Å². The van der Waals surface area contributed by atoms with E-state index in [1.807, 2.05) is 0 Å². The van der Waals surface area contributed by atoms with Gasteiger partial charge in [0, 0.05) is 18.3 Å². The zero-order valence-electron chi connectivity index (χ0n) is 5.20. The van der Waals surface area contributed by atoms with Crippen LogP contribution in [0.1, 0.15) is 5.56 Å². The maximum absolute atomic E-state index is 3.46. The summed E-state index contributed by atoms with van der Waals surface area (Å²) >= 11 is 5.73. The Kier molecular flexibility index (Phi) is 3.39. The van der Waals surface area contributed by atoms with E-state index >= 15 is 0 Å². The number of hydrogen-bond acceptors (Lipinski definition) is 0. The third-order valence-electron chi connectivity index (χ3n) is 1.21. The maximum atomic E-state index is 3.46. The first-order chi connectivity index (χ1) is 4.74. The summed E-state index contributed by atoms with van der Waals surface area (Å²) in [5.74, 6) is 0. The Morgan fingerprint density at radius 1 is 1.50 bits per heavy atom. The van der Waals surface area contributed by atoms with E-state index in [4.69, 9.17) is 0 Å². The van der Waals surface area contributed by atoms with Crippen molar-refractivity contribution in [1.82, 2.24) is 0 Å². The zero-order valence-corrected chi connectivity index (χ0v) is 9.94. The van der Waals surface area contributed by atoms with Crippen LogP contribution < -0.4 is 0 Å². The van der Waals surface area contributed by atoms with Gasteiger partial charge in [-0.2, -0.15) is 0 Å². The van der Waals surface area contributed by atoms with E-state index in [9.17, 15) is 0 Å². The van der Waals surface area contributed by atoms with Gasteiger partial charge >= 0.3 is 0 Å². The standard InChI is InChI=1S/C7H5BrISi/c8-6-2-1-5(4-10)7(9)3-6/h1-3H,4H2. The van der Waals surface area contributed by atoms with Crippen LogP contribution in [0, 0.1) is 3.57 Å². The lowest BCUT2D eigenvalue weighted by molar-refractivity contribution is 1.35. The molecule has 0 aromatic heterocycles. The third kappa shape index (κ3) is 2.07. The topological polar surface area (TPSA) is 0 Å². The minimum atomic E-state index is 0.922. The van der Waals surface area contributed by atoms with Crippen LogP contribution in [0.4, 0.5) is 0 Å². The molecule has 3 radical (unpaired) electrons. The van der Waals surface area contributed by atoms with Crippen molar-refractivity contribution in [3.63, 3.8) is 0 Å². The van der Waals surface area contributed by atoms with Crippen LogP contribution in [0.15, 0.2) is 22.7 Å². The van der Waals surface area contributed by atoms with Gasteiger partial charge in [0.15, 0.2) is 0 Å². The molecular formula is C7H5BrISi. The van der Waals surface area contributed by atoms with Gasteiger partial charge in [-0.1, -0.05) is 22.0 Å². The lowest BCUT2D eigenvalue weighted by Gasteiger charge is -1.99. The molecule has 0 bridgehead atoms. The molecule has 0 atom stereocenters. The van der Waals surface area contributed by atoms with Crippen molar-refractivity contribution in [1.29, 1.82) is 0 Å². The zero-order chi connectivity index (χ0) is 7.56. The summed E-state index contributed by atoms with van der Waals surface area (Å²) in [5, 5.41) is 0. The fourth-order valence-electron chi connectivity index (χ4n) is 0.665. The number of halogens is 2. The van der Waals surface area contributed by atoms with E-state index in [1.165, 1.54) is 9.13 Å². The quantitative estimate of drug-likeness (QED) is 0.550. The summed E-state index contributed by atoms with van der Waals surface area (Å²) in [7, 11) is 3.46. The molecule has 0 unspecified atom stereocenters. The summed E-state index contributed by atoms with van der Waals surface area (Å²) in [6.07, 6.45) is 0. The minimum absolute atomic E-state index is 0.922. The van der Waals surface area contributed by atoms with Crippen LogP contribution >= 0.6 is 38.5 Å². The molecule has 0 heterocycles. The molecule has 0 fully saturated rings. The van der Waals surface area contributed by atoms with Gasteiger partial charge in [0.25, 0.3) is 0 Å². The largest absolute Gasteiger partial charge is 0.0572 e. The van der Waals surface area contributed by atoms with Crippen molar-refractivity contribution in [3.8, 4) is 0 Å². The SMILES string of the molecule is [Si]Cc1ccc(Br)cc1I. The fourth-order valence-corrected chi connectivity index (χ4v) is 2.83. The molecule has 0 amide bonds. The lowest BCUT2D eigenvalue weighted by Crippen LogP contribution is -1.87. The Bertz CT molecular complexity index is 237. The molecule has 51 valence electrons. The fraction of sp³-hybridized carbons (Fsp3) is 0.143. The number of rotatable bonds is 1. The van der Waals surface area contributed by atoms with Gasteiger partial charge in [0.2, 0.25) is 0 Å². The lowest BCUT2D eigenvalue weighted by atomic mass is 10.2.